The molecule has 4 aromatic heterocycles. The summed E-state index contributed by atoms with van der Waals surface area (Å²) < 4.78 is 4.74. The first kappa shape index (κ1) is 46.4. The summed E-state index contributed by atoms with van der Waals surface area (Å²) in [6, 6.07) is 0. The molecular weight excluding hydrogens is 774 g/mol. The number of nitrogens with one attached hydrogen (secondary N) is 2. The minimum atomic E-state index is -1.08. The molecule has 2 radical (unpaired) electrons. The van der Waals surface area contributed by atoms with E-state index in [4.69, 9.17) is 39.6 Å². The van der Waals surface area contributed by atoms with Crippen LogP contribution in [0.4, 0.5) is 0 Å². The third-order valence-corrected chi connectivity index (χ3v) is 4.06. The maximum absolute atomic E-state index is 11.4. The molecule has 0 aliphatic carbocycles. The minimum Gasteiger partial charge on any atom is -0.550 e. The van der Waals surface area contributed by atoms with E-state index in [0.29, 0.717) is 22.3 Å². The quantitative estimate of drug-likeness (QED) is 0.156. The third kappa shape index (κ3) is 16.2. The maximum atomic E-state index is 11.4. The van der Waals surface area contributed by atoms with Crippen LogP contribution < -0.4 is 42.9 Å². The number of carbonyl (C=O) groups excluding carboxylic acids is 4. The SMILES string of the molecule is CC(=O)[O-].CC(=O)[O-].CC(=O)[O-].CC(=O)[O-].Cn1c(=O)c2[nH]cnc2n(C)c1=O.Cn1c(=O)c2[nH]cnc2n(C)c1=O.[Rh+2].[Rh+2]. The molecule has 0 fully saturated rings. The fraction of sp³-hybridized carbons (Fsp3) is 0.364. The summed E-state index contributed by atoms with van der Waals surface area (Å²) in [6.45, 7) is 3.89. The summed E-state index contributed by atoms with van der Waals surface area (Å²) in [6.07, 6.45) is 2.79. The average Bonchev–Trinajstić information content (AvgIpc) is 3.53. The molecule has 22 heteroatoms. The molecule has 0 spiro atoms. The number of carboxylic acid groups (broad SMARTS) is 4. The second-order valence-electron chi connectivity index (χ2n) is 7.58. The summed E-state index contributed by atoms with van der Waals surface area (Å²) in [5.74, 6) is -4.33. The van der Waals surface area contributed by atoms with Crippen molar-refractivity contribution in [1.29, 1.82) is 0 Å². The molecule has 0 atom stereocenters. The number of hydrogen-bond acceptors (Lipinski definition) is 14. The van der Waals surface area contributed by atoms with E-state index in [2.05, 4.69) is 19.9 Å². The maximum Gasteiger partial charge on any atom is 2.00 e. The molecule has 0 aliphatic rings. The van der Waals surface area contributed by atoms with Crippen LogP contribution in [0.25, 0.3) is 22.3 Å². The summed E-state index contributed by atoms with van der Waals surface area (Å²) in [5, 5.41) is 35.6. The first-order valence-corrected chi connectivity index (χ1v) is 11.1. The number of H-pyrrole nitrogens is 2. The third-order valence-electron chi connectivity index (χ3n) is 4.06. The van der Waals surface area contributed by atoms with Gasteiger partial charge in [-0.15, -0.1) is 0 Å². The Bertz CT molecular complexity index is 1610. The van der Waals surface area contributed by atoms with E-state index in [1.807, 2.05) is 0 Å². The molecule has 246 valence electrons. The number of carboxylic acids is 4. The largest absolute Gasteiger partial charge is 2.00 e. The number of rotatable bonds is 0. The number of nitrogens with zero attached hydrogens (tertiary/aromatic N) is 6. The second-order valence-corrected chi connectivity index (χ2v) is 7.58. The molecule has 0 amide bonds. The predicted octanol–water partition coefficient (Wildman–Crippen LogP) is -7.06. The summed E-state index contributed by atoms with van der Waals surface area (Å²) in [5.41, 5.74) is 0.0239. The normalized spacial score (nSPS) is 8.73. The van der Waals surface area contributed by atoms with Gasteiger partial charge in [-0.25, -0.2) is 19.6 Å². The number of imidazole rings is 2. The van der Waals surface area contributed by atoms with Crippen LogP contribution in [0.3, 0.4) is 0 Å². The molecule has 0 aromatic carbocycles. The van der Waals surface area contributed by atoms with Crippen LogP contribution in [0.2, 0.25) is 0 Å². The molecule has 0 saturated heterocycles. The summed E-state index contributed by atoms with van der Waals surface area (Å²) in [7, 11) is 6.02. The standard InChI is InChI=1S/2C7H8N4O2.4C2H4O2.2Rh/c2*1-10-5-4(8-3-9-5)6(12)11(2)7(10)13;4*1-2(3)4;;/h2*3H,1-2H3,(H,8,9);4*1H3,(H,3,4);;/q;;;;;;2*+2/p-4. The van der Waals surface area contributed by atoms with Gasteiger partial charge in [-0.05, 0) is 27.7 Å². The van der Waals surface area contributed by atoms with E-state index in [-0.39, 0.29) is 61.5 Å². The Hall–Kier alpha value is -4.57. The van der Waals surface area contributed by atoms with Crippen molar-refractivity contribution in [3.05, 3.63) is 54.3 Å². The van der Waals surface area contributed by atoms with Crippen LogP contribution in [-0.4, -0.2) is 62.1 Å². The van der Waals surface area contributed by atoms with E-state index in [1.165, 1.54) is 35.9 Å². The van der Waals surface area contributed by atoms with Crippen molar-refractivity contribution in [2.45, 2.75) is 27.7 Å². The van der Waals surface area contributed by atoms with E-state index in [9.17, 15) is 19.2 Å². The van der Waals surface area contributed by atoms with E-state index < -0.39 is 23.9 Å². The number of aryl methyl sites for hydroxylation is 2. The zero-order valence-corrected chi connectivity index (χ0v) is 27.7. The number of hydrogen-bond donors (Lipinski definition) is 2. The summed E-state index contributed by atoms with van der Waals surface area (Å²) in [4.78, 5) is 94.3. The molecular formula is C22H28N8O12Rh2. The molecule has 0 saturated carbocycles. The van der Waals surface area contributed by atoms with Crippen molar-refractivity contribution < 1.29 is 78.6 Å². The van der Waals surface area contributed by atoms with Gasteiger partial charge in [-0.2, -0.15) is 0 Å². The Morgan fingerprint density at radius 3 is 0.955 bits per heavy atom. The van der Waals surface area contributed by atoms with Crippen LogP contribution >= 0.6 is 0 Å². The van der Waals surface area contributed by atoms with Crippen LogP contribution in [0.5, 0.6) is 0 Å². The van der Waals surface area contributed by atoms with Crippen molar-refractivity contribution in [3.8, 4) is 0 Å². The number of aliphatic carboxylic acids is 4. The zero-order chi connectivity index (χ0) is 33.5. The van der Waals surface area contributed by atoms with Gasteiger partial charge < -0.3 is 49.6 Å². The van der Waals surface area contributed by atoms with E-state index in [1.54, 1.807) is 14.1 Å². The average molecular weight is 802 g/mol. The summed E-state index contributed by atoms with van der Waals surface area (Å²) >= 11 is 0. The molecule has 4 rings (SSSR count). The predicted molar refractivity (Wildman–Crippen MR) is 136 cm³/mol. The van der Waals surface area contributed by atoms with Crippen molar-refractivity contribution in [1.82, 2.24) is 38.2 Å². The Labute approximate surface area is 272 Å². The Morgan fingerprint density at radius 1 is 0.545 bits per heavy atom. The molecule has 4 heterocycles. The van der Waals surface area contributed by atoms with Gasteiger partial charge in [-0.3, -0.25) is 27.9 Å². The monoisotopic (exact) mass is 802 g/mol. The van der Waals surface area contributed by atoms with Crippen molar-refractivity contribution in [2.24, 2.45) is 28.2 Å². The molecule has 44 heavy (non-hydrogen) atoms. The molecule has 0 aliphatic heterocycles. The molecule has 0 bridgehead atoms. The van der Waals surface area contributed by atoms with Crippen molar-refractivity contribution in [2.75, 3.05) is 0 Å². The Balaban J connectivity index is -0.000000241. The molecule has 2 N–H and O–H groups in total. The first-order chi connectivity index (χ1) is 19.2. The molecule has 4 aromatic rings. The van der Waals surface area contributed by atoms with Crippen molar-refractivity contribution >= 4 is 46.2 Å². The Morgan fingerprint density at radius 2 is 0.750 bits per heavy atom. The van der Waals surface area contributed by atoms with Gasteiger partial charge in [0.2, 0.25) is 0 Å². The van der Waals surface area contributed by atoms with E-state index >= 15 is 0 Å². The van der Waals surface area contributed by atoms with Gasteiger partial charge in [-0.1, -0.05) is 0 Å². The number of carbonyl (C=O) groups is 4. The van der Waals surface area contributed by atoms with Gasteiger partial charge in [0.1, 0.15) is 11.0 Å². The van der Waals surface area contributed by atoms with Crippen LogP contribution in [-0.2, 0) is 86.3 Å². The van der Waals surface area contributed by atoms with Crippen LogP contribution in [0.1, 0.15) is 27.7 Å². The smallest absolute Gasteiger partial charge is 0.550 e. The number of aromatic amines is 2. The van der Waals surface area contributed by atoms with Crippen LogP contribution in [0.15, 0.2) is 31.8 Å². The zero-order valence-electron chi connectivity index (χ0n) is 24.4. The Kier molecular flexibility index (Phi) is 23.2. The van der Waals surface area contributed by atoms with Crippen LogP contribution in [0, 0.1) is 0 Å². The topological polar surface area (TPSA) is 306 Å². The van der Waals surface area contributed by atoms with Gasteiger partial charge in [0.15, 0.2) is 11.3 Å². The number of fused-ring (bicyclic) bond motifs is 2. The van der Waals surface area contributed by atoms with Gasteiger partial charge in [0.05, 0.1) is 12.7 Å². The van der Waals surface area contributed by atoms with Crippen molar-refractivity contribution in [3.63, 3.8) is 0 Å². The first-order valence-electron chi connectivity index (χ1n) is 11.1. The van der Waals surface area contributed by atoms with Gasteiger partial charge >= 0.3 is 50.3 Å². The number of aromatic nitrogens is 8. The minimum absolute atomic E-state index is 0. The van der Waals surface area contributed by atoms with E-state index in [0.717, 1.165) is 36.8 Å². The van der Waals surface area contributed by atoms with Gasteiger partial charge in [0, 0.05) is 52.1 Å². The second kappa shape index (κ2) is 22.0. The molecule has 0 unspecified atom stereocenters. The molecule has 20 nitrogen and oxygen atoms in total. The fourth-order valence-electron chi connectivity index (χ4n) is 2.54. The fourth-order valence-corrected chi connectivity index (χ4v) is 2.54. The van der Waals surface area contributed by atoms with Gasteiger partial charge in [0.25, 0.3) is 11.1 Å².